The van der Waals surface area contributed by atoms with Gasteiger partial charge in [-0.1, -0.05) is 31.4 Å². The number of hydrogen-bond donors (Lipinski definition) is 1. The molecule has 0 amide bonds. The maximum atomic E-state index is 13.5. The quantitative estimate of drug-likeness (QED) is 0.461. The fourth-order valence-corrected chi connectivity index (χ4v) is 6.34. The lowest BCUT2D eigenvalue weighted by Crippen LogP contribution is -2.38. The molecule has 0 unspecified atom stereocenters. The molecule has 0 radical (unpaired) electrons. The Balaban J connectivity index is 2.13. The molecule has 33 heavy (non-hydrogen) atoms. The van der Waals surface area contributed by atoms with E-state index in [1.807, 2.05) is 6.92 Å². The Morgan fingerprint density at radius 1 is 1.15 bits per heavy atom. The molecule has 0 atom stereocenters. The van der Waals surface area contributed by atoms with Crippen molar-refractivity contribution in [2.75, 3.05) is 7.05 Å². The van der Waals surface area contributed by atoms with Crippen molar-refractivity contribution in [3.05, 3.63) is 45.0 Å². The van der Waals surface area contributed by atoms with Gasteiger partial charge >= 0.3 is 0 Å². The van der Waals surface area contributed by atoms with E-state index in [1.165, 1.54) is 19.5 Å². The molecule has 1 aliphatic rings. The van der Waals surface area contributed by atoms with Crippen LogP contribution >= 0.6 is 12.2 Å². The van der Waals surface area contributed by atoms with Crippen molar-refractivity contribution < 1.29 is 13.5 Å². The smallest absolute Gasteiger partial charge is 0.267 e. The van der Waals surface area contributed by atoms with E-state index >= 15 is 0 Å². The highest BCUT2D eigenvalue weighted by molar-refractivity contribution is 7.89. The van der Waals surface area contributed by atoms with Crippen LogP contribution in [0.5, 0.6) is 5.88 Å². The van der Waals surface area contributed by atoms with Gasteiger partial charge in [0.1, 0.15) is 10.5 Å². The lowest BCUT2D eigenvalue weighted by atomic mass is 9.96. The van der Waals surface area contributed by atoms with Crippen molar-refractivity contribution >= 4 is 33.6 Å². The molecular formula is C23H32N4O4S2. The lowest BCUT2D eigenvalue weighted by molar-refractivity contribution is 0.286. The molecule has 180 valence electrons. The molecule has 0 spiro atoms. The van der Waals surface area contributed by atoms with Crippen molar-refractivity contribution in [2.45, 2.75) is 76.9 Å². The Bertz CT molecular complexity index is 1270. The molecule has 0 bridgehead atoms. The summed E-state index contributed by atoms with van der Waals surface area (Å²) in [6, 6.07) is 6.47. The van der Waals surface area contributed by atoms with Gasteiger partial charge in [-0.25, -0.2) is 8.42 Å². The highest BCUT2D eigenvalue weighted by Gasteiger charge is 2.31. The maximum Gasteiger partial charge on any atom is 0.267 e. The van der Waals surface area contributed by atoms with E-state index in [1.54, 1.807) is 39.1 Å². The van der Waals surface area contributed by atoms with Crippen LogP contribution < -0.4 is 5.56 Å². The zero-order valence-electron chi connectivity index (χ0n) is 19.6. The predicted molar refractivity (Wildman–Crippen MR) is 133 cm³/mol. The highest BCUT2D eigenvalue weighted by atomic mass is 32.2. The van der Waals surface area contributed by atoms with Crippen LogP contribution in [0.25, 0.3) is 0 Å². The first kappa shape index (κ1) is 25.3. The van der Waals surface area contributed by atoms with Gasteiger partial charge in [-0.2, -0.15) is 4.31 Å². The summed E-state index contributed by atoms with van der Waals surface area (Å²) in [7, 11) is -2.17. The van der Waals surface area contributed by atoms with Crippen molar-refractivity contribution in [3.63, 3.8) is 0 Å². The molecular weight excluding hydrogens is 460 g/mol. The number of rotatable bonds is 7. The molecule has 8 nitrogen and oxygen atoms in total. The van der Waals surface area contributed by atoms with Crippen LogP contribution in [0.1, 0.15) is 58.4 Å². The minimum Gasteiger partial charge on any atom is -0.494 e. The Morgan fingerprint density at radius 2 is 1.76 bits per heavy atom. The summed E-state index contributed by atoms with van der Waals surface area (Å²) in [5.74, 6) is -0.266. The number of aliphatic imine (C=N–C) groups is 1. The summed E-state index contributed by atoms with van der Waals surface area (Å²) in [4.78, 5) is 17.6. The average Bonchev–Trinajstić information content (AvgIpc) is 2.80. The number of para-hydroxylation sites is 1. The number of benzene rings is 1. The summed E-state index contributed by atoms with van der Waals surface area (Å²) in [6.45, 7) is 5.93. The van der Waals surface area contributed by atoms with Crippen LogP contribution in [-0.2, 0) is 23.1 Å². The maximum absolute atomic E-state index is 13.5. The monoisotopic (exact) mass is 492 g/mol. The number of hydrogen-bond acceptors (Lipinski definition) is 6. The standard InChI is InChI=1S/C23H32N4O4S2/c1-5-26-21(28)20(22(29)27(6-2)23(26)32)16(3)24-18-14-10-11-15-19(18)33(30,31)25(4)17-12-8-7-9-13-17/h10-11,14-15,17,28H,5-9,12-13H2,1-4H3. The molecule has 1 N–H and O–H groups in total. The molecule has 1 aromatic carbocycles. The second kappa shape index (κ2) is 10.3. The molecule has 1 aromatic heterocycles. The van der Waals surface area contributed by atoms with Crippen molar-refractivity contribution in [2.24, 2.45) is 4.99 Å². The van der Waals surface area contributed by atoms with Gasteiger partial charge in [0, 0.05) is 26.2 Å². The second-order valence-corrected chi connectivity index (χ2v) is 10.6. The Labute approximate surface area is 200 Å². The van der Waals surface area contributed by atoms with Gasteiger partial charge in [-0.15, -0.1) is 0 Å². The summed E-state index contributed by atoms with van der Waals surface area (Å²) in [6.07, 6.45) is 4.85. The molecule has 1 aliphatic carbocycles. The van der Waals surface area contributed by atoms with Gasteiger partial charge in [0.15, 0.2) is 4.77 Å². The third-order valence-electron chi connectivity index (χ3n) is 6.29. The van der Waals surface area contributed by atoms with Gasteiger partial charge in [-0.05, 0) is 58.0 Å². The molecule has 3 rings (SSSR count). The SMILES string of the molecule is CCn1c(O)c(C(C)=Nc2ccccc2S(=O)(=O)N(C)C2CCCCC2)c(=O)n(CC)c1=S. The van der Waals surface area contributed by atoms with Crippen LogP contribution in [0.3, 0.4) is 0 Å². The molecule has 1 heterocycles. The normalized spacial score (nSPS) is 15.8. The average molecular weight is 493 g/mol. The zero-order chi connectivity index (χ0) is 24.3. The summed E-state index contributed by atoms with van der Waals surface area (Å²) in [5, 5.41) is 10.8. The summed E-state index contributed by atoms with van der Waals surface area (Å²) in [5.41, 5.74) is 0.00984. The number of aromatic hydroxyl groups is 1. The first-order valence-corrected chi connectivity index (χ1v) is 13.2. The van der Waals surface area contributed by atoms with Crippen LogP contribution in [0.15, 0.2) is 38.9 Å². The number of sulfonamides is 1. The van der Waals surface area contributed by atoms with Crippen LogP contribution in [0.4, 0.5) is 5.69 Å². The second-order valence-electron chi connectivity index (χ2n) is 8.25. The first-order valence-electron chi connectivity index (χ1n) is 11.3. The van der Waals surface area contributed by atoms with Gasteiger partial charge in [0.25, 0.3) is 5.56 Å². The van der Waals surface area contributed by atoms with E-state index in [-0.39, 0.29) is 38.6 Å². The number of aromatic nitrogens is 2. The highest BCUT2D eigenvalue weighted by Crippen LogP contribution is 2.31. The molecule has 10 heteroatoms. The Morgan fingerprint density at radius 3 is 2.36 bits per heavy atom. The molecule has 1 fully saturated rings. The van der Waals surface area contributed by atoms with E-state index < -0.39 is 15.6 Å². The third kappa shape index (κ3) is 4.83. The van der Waals surface area contributed by atoms with E-state index in [4.69, 9.17) is 12.2 Å². The fourth-order valence-electron chi connectivity index (χ4n) is 4.37. The predicted octanol–water partition coefficient (Wildman–Crippen LogP) is 4.22. The molecule has 1 saturated carbocycles. The van der Waals surface area contributed by atoms with Crippen molar-refractivity contribution in [1.82, 2.24) is 13.4 Å². The van der Waals surface area contributed by atoms with Gasteiger partial charge in [0.05, 0.1) is 11.4 Å². The van der Waals surface area contributed by atoms with Crippen molar-refractivity contribution in [3.8, 4) is 5.88 Å². The van der Waals surface area contributed by atoms with Crippen LogP contribution in [0, 0.1) is 4.77 Å². The Kier molecular flexibility index (Phi) is 7.92. The van der Waals surface area contributed by atoms with E-state index in [0.717, 1.165) is 32.1 Å². The fraction of sp³-hybridized carbons (Fsp3) is 0.522. The summed E-state index contributed by atoms with van der Waals surface area (Å²) >= 11 is 5.34. The van der Waals surface area contributed by atoms with E-state index in [2.05, 4.69) is 4.99 Å². The topological polar surface area (TPSA) is 96.9 Å². The largest absolute Gasteiger partial charge is 0.494 e. The molecule has 2 aromatic rings. The summed E-state index contributed by atoms with van der Waals surface area (Å²) < 4.78 is 31.5. The Hall–Kier alpha value is -2.30. The van der Waals surface area contributed by atoms with E-state index in [9.17, 15) is 18.3 Å². The van der Waals surface area contributed by atoms with E-state index in [0.29, 0.717) is 13.1 Å². The van der Waals surface area contributed by atoms with Crippen LogP contribution in [-0.4, -0.2) is 45.8 Å². The van der Waals surface area contributed by atoms with Gasteiger partial charge in [-0.3, -0.25) is 18.9 Å². The number of nitrogens with zero attached hydrogens (tertiary/aromatic N) is 4. The molecule has 0 saturated heterocycles. The minimum absolute atomic E-state index is 0.0140. The van der Waals surface area contributed by atoms with Crippen LogP contribution in [0.2, 0.25) is 0 Å². The van der Waals surface area contributed by atoms with Crippen molar-refractivity contribution in [1.29, 1.82) is 0 Å². The lowest BCUT2D eigenvalue weighted by Gasteiger charge is -2.30. The third-order valence-corrected chi connectivity index (χ3v) is 8.69. The van der Waals surface area contributed by atoms with Gasteiger partial charge < -0.3 is 5.11 Å². The molecule has 0 aliphatic heterocycles. The minimum atomic E-state index is -3.79. The first-order chi connectivity index (χ1) is 15.6. The van der Waals surface area contributed by atoms with Gasteiger partial charge in [0.2, 0.25) is 15.9 Å². The zero-order valence-corrected chi connectivity index (χ0v) is 21.2.